The average Bonchev–Trinajstić information content (AvgIpc) is 3.00. The maximum atomic E-state index is 4.46. The number of nitrogens with one attached hydrogen (secondary N) is 1. The zero-order chi connectivity index (χ0) is 16.2. The minimum absolute atomic E-state index is 0. The molecule has 5 heteroatoms. The monoisotopic (exact) mass is 436 g/mol. The lowest BCUT2D eigenvalue weighted by atomic mass is 10.2. The standard InChI is InChI=1S/C19H24N4.HI/c1-20-19(23-12-11-16-8-4-5-10-18(16)23)21-14-15-7-6-9-17(13-15)22(2)3;/h4-10,13H,11-12,14H2,1-3H3,(H,20,21);1H. The van der Waals surface area contributed by atoms with E-state index in [0.717, 1.165) is 25.5 Å². The van der Waals surface area contributed by atoms with E-state index in [-0.39, 0.29) is 24.0 Å². The van der Waals surface area contributed by atoms with Crippen LogP contribution in [-0.4, -0.2) is 33.6 Å². The van der Waals surface area contributed by atoms with Crippen molar-refractivity contribution in [3.63, 3.8) is 0 Å². The normalized spacial score (nSPS) is 13.3. The Bertz CT molecular complexity index is 712. The van der Waals surface area contributed by atoms with E-state index in [1.54, 1.807) is 0 Å². The van der Waals surface area contributed by atoms with Crippen molar-refractivity contribution in [1.29, 1.82) is 0 Å². The van der Waals surface area contributed by atoms with Crippen molar-refractivity contribution in [1.82, 2.24) is 5.32 Å². The van der Waals surface area contributed by atoms with Crippen LogP contribution in [0.5, 0.6) is 0 Å². The van der Waals surface area contributed by atoms with Gasteiger partial charge in [0.25, 0.3) is 0 Å². The van der Waals surface area contributed by atoms with Crippen molar-refractivity contribution >= 4 is 41.3 Å². The molecular weight excluding hydrogens is 411 g/mol. The lowest BCUT2D eigenvalue weighted by Gasteiger charge is -2.22. The number of hydrogen-bond acceptors (Lipinski definition) is 2. The molecule has 0 fully saturated rings. The fourth-order valence-electron chi connectivity index (χ4n) is 2.98. The quantitative estimate of drug-likeness (QED) is 0.454. The summed E-state index contributed by atoms with van der Waals surface area (Å²) in [6.07, 6.45) is 1.08. The Morgan fingerprint density at radius 2 is 1.96 bits per heavy atom. The third-order valence-electron chi connectivity index (χ3n) is 4.23. The number of guanidine groups is 1. The smallest absolute Gasteiger partial charge is 0.198 e. The Balaban J connectivity index is 0.00000208. The SMILES string of the molecule is CN=C(NCc1cccc(N(C)C)c1)N1CCc2ccccc21.I. The van der Waals surface area contributed by atoms with Gasteiger partial charge in [-0.2, -0.15) is 0 Å². The van der Waals surface area contributed by atoms with E-state index >= 15 is 0 Å². The fraction of sp³-hybridized carbons (Fsp3) is 0.316. The summed E-state index contributed by atoms with van der Waals surface area (Å²) in [4.78, 5) is 8.85. The fourth-order valence-corrected chi connectivity index (χ4v) is 2.98. The van der Waals surface area contributed by atoms with Gasteiger partial charge in [0.1, 0.15) is 0 Å². The molecule has 0 radical (unpaired) electrons. The molecule has 1 aliphatic rings. The number of halogens is 1. The van der Waals surface area contributed by atoms with Gasteiger partial charge in [0, 0.05) is 45.6 Å². The number of hydrogen-bond donors (Lipinski definition) is 1. The number of fused-ring (bicyclic) bond motifs is 1. The van der Waals surface area contributed by atoms with Crippen LogP contribution < -0.4 is 15.1 Å². The van der Waals surface area contributed by atoms with E-state index in [0.29, 0.717) is 0 Å². The first kappa shape index (κ1) is 18.6. The molecule has 1 heterocycles. The van der Waals surface area contributed by atoms with E-state index in [9.17, 15) is 0 Å². The number of benzene rings is 2. The van der Waals surface area contributed by atoms with E-state index in [4.69, 9.17) is 0 Å². The topological polar surface area (TPSA) is 30.9 Å². The largest absolute Gasteiger partial charge is 0.378 e. The number of rotatable bonds is 3. The highest BCUT2D eigenvalue weighted by Crippen LogP contribution is 2.27. The maximum absolute atomic E-state index is 4.46. The summed E-state index contributed by atoms with van der Waals surface area (Å²) in [5.41, 5.74) is 5.13. The van der Waals surface area contributed by atoms with Gasteiger partial charge in [0.2, 0.25) is 0 Å². The highest BCUT2D eigenvalue weighted by molar-refractivity contribution is 14.0. The lowest BCUT2D eigenvalue weighted by Crippen LogP contribution is -2.40. The molecule has 0 bridgehead atoms. The molecule has 2 aromatic carbocycles. The summed E-state index contributed by atoms with van der Waals surface area (Å²) in [7, 11) is 5.97. The van der Waals surface area contributed by atoms with E-state index in [2.05, 4.69) is 82.7 Å². The zero-order valence-electron chi connectivity index (χ0n) is 14.5. The first-order valence-corrected chi connectivity index (χ1v) is 8.01. The van der Waals surface area contributed by atoms with Gasteiger partial charge >= 0.3 is 0 Å². The van der Waals surface area contributed by atoms with Gasteiger partial charge in [0.15, 0.2) is 5.96 Å². The minimum atomic E-state index is 0. The summed E-state index contributed by atoms with van der Waals surface area (Å²) in [5.74, 6) is 0.935. The van der Waals surface area contributed by atoms with Crippen molar-refractivity contribution in [3.8, 4) is 0 Å². The van der Waals surface area contributed by atoms with Crippen LogP contribution in [-0.2, 0) is 13.0 Å². The highest BCUT2D eigenvalue weighted by Gasteiger charge is 2.22. The number of aliphatic imine (C=N–C) groups is 1. The van der Waals surface area contributed by atoms with Gasteiger partial charge in [0.05, 0.1) is 0 Å². The van der Waals surface area contributed by atoms with Crippen LogP contribution in [0.15, 0.2) is 53.5 Å². The summed E-state index contributed by atoms with van der Waals surface area (Å²) in [6.45, 7) is 1.75. The summed E-state index contributed by atoms with van der Waals surface area (Å²) >= 11 is 0. The molecule has 0 amide bonds. The van der Waals surface area contributed by atoms with Crippen LogP contribution >= 0.6 is 24.0 Å². The number of para-hydroxylation sites is 1. The van der Waals surface area contributed by atoms with Crippen molar-refractivity contribution in [2.45, 2.75) is 13.0 Å². The van der Waals surface area contributed by atoms with Crippen molar-refractivity contribution < 1.29 is 0 Å². The third kappa shape index (κ3) is 4.01. The minimum Gasteiger partial charge on any atom is -0.378 e. The van der Waals surface area contributed by atoms with Gasteiger partial charge in [-0.25, -0.2) is 0 Å². The van der Waals surface area contributed by atoms with Crippen LogP contribution in [0.3, 0.4) is 0 Å². The predicted octanol–water partition coefficient (Wildman–Crippen LogP) is 3.51. The van der Waals surface area contributed by atoms with Crippen LogP contribution in [0, 0.1) is 0 Å². The van der Waals surface area contributed by atoms with Crippen LogP contribution in [0.1, 0.15) is 11.1 Å². The zero-order valence-corrected chi connectivity index (χ0v) is 16.8. The molecule has 3 rings (SSSR count). The summed E-state index contributed by atoms with van der Waals surface area (Å²) in [5, 5.41) is 3.49. The second-order valence-electron chi connectivity index (χ2n) is 6.00. The molecule has 0 saturated carbocycles. The van der Waals surface area contributed by atoms with Crippen LogP contribution in [0.4, 0.5) is 11.4 Å². The first-order chi connectivity index (χ1) is 11.2. The van der Waals surface area contributed by atoms with E-state index < -0.39 is 0 Å². The van der Waals surface area contributed by atoms with Crippen LogP contribution in [0.2, 0.25) is 0 Å². The van der Waals surface area contributed by atoms with Crippen molar-refractivity contribution in [2.75, 3.05) is 37.5 Å². The molecule has 1 N–H and O–H groups in total. The molecule has 0 aliphatic carbocycles. The summed E-state index contributed by atoms with van der Waals surface area (Å²) < 4.78 is 0. The number of anilines is 2. The van der Waals surface area contributed by atoms with Crippen LogP contribution in [0.25, 0.3) is 0 Å². The molecule has 0 unspecified atom stereocenters. The Kier molecular flexibility index (Phi) is 6.48. The van der Waals surface area contributed by atoms with Gasteiger partial charge in [-0.05, 0) is 35.7 Å². The molecule has 2 aromatic rings. The van der Waals surface area contributed by atoms with E-state index in [1.807, 2.05) is 7.05 Å². The molecule has 0 atom stereocenters. The highest BCUT2D eigenvalue weighted by atomic mass is 127. The van der Waals surface area contributed by atoms with Gasteiger partial charge in [-0.3, -0.25) is 4.99 Å². The Morgan fingerprint density at radius 1 is 1.17 bits per heavy atom. The van der Waals surface area contributed by atoms with Gasteiger partial charge < -0.3 is 15.1 Å². The van der Waals surface area contributed by atoms with Crippen molar-refractivity contribution in [3.05, 3.63) is 59.7 Å². The van der Waals surface area contributed by atoms with Crippen molar-refractivity contribution in [2.24, 2.45) is 4.99 Å². The second kappa shape index (κ2) is 8.37. The molecule has 0 saturated heterocycles. The number of nitrogens with zero attached hydrogens (tertiary/aromatic N) is 3. The molecule has 24 heavy (non-hydrogen) atoms. The molecule has 4 nitrogen and oxygen atoms in total. The Hall–Kier alpha value is -1.76. The lowest BCUT2D eigenvalue weighted by molar-refractivity contribution is 0.866. The molecule has 0 aromatic heterocycles. The maximum Gasteiger partial charge on any atom is 0.198 e. The van der Waals surface area contributed by atoms with Gasteiger partial charge in [-0.15, -0.1) is 24.0 Å². The third-order valence-corrected chi connectivity index (χ3v) is 4.23. The van der Waals surface area contributed by atoms with E-state index in [1.165, 1.54) is 22.5 Å². The Labute approximate surface area is 161 Å². The predicted molar refractivity (Wildman–Crippen MR) is 114 cm³/mol. The van der Waals surface area contributed by atoms with Gasteiger partial charge in [-0.1, -0.05) is 30.3 Å². The molecule has 128 valence electrons. The second-order valence-corrected chi connectivity index (χ2v) is 6.00. The average molecular weight is 436 g/mol. The summed E-state index contributed by atoms with van der Waals surface area (Å²) in [6, 6.07) is 17.1. The first-order valence-electron chi connectivity index (χ1n) is 8.01. The molecular formula is C19H25IN4. The molecule has 1 aliphatic heterocycles. The molecule has 0 spiro atoms. The Morgan fingerprint density at radius 3 is 2.71 bits per heavy atom.